The van der Waals surface area contributed by atoms with Gasteiger partial charge in [-0.3, -0.25) is 4.79 Å². The number of nitrogens with zero attached hydrogens (tertiary/aromatic N) is 5. The lowest BCUT2D eigenvalue weighted by Crippen LogP contribution is -2.28. The fourth-order valence-electron chi connectivity index (χ4n) is 4.05. The molecule has 0 saturated carbocycles. The summed E-state index contributed by atoms with van der Waals surface area (Å²) in [7, 11) is 0. The zero-order valence-electron chi connectivity index (χ0n) is 17.3. The highest BCUT2D eigenvalue weighted by Gasteiger charge is 2.25. The van der Waals surface area contributed by atoms with Crippen molar-refractivity contribution in [2.24, 2.45) is 0 Å². The normalized spacial score (nSPS) is 16.0. The van der Waals surface area contributed by atoms with Gasteiger partial charge in [-0.25, -0.2) is 8.78 Å². The quantitative estimate of drug-likeness (QED) is 0.528. The third-order valence-corrected chi connectivity index (χ3v) is 5.67. The number of nitrogens with one attached hydrogen (secondary N) is 1. The van der Waals surface area contributed by atoms with Gasteiger partial charge in [0.05, 0.1) is 11.6 Å². The average molecular weight is 434 g/mol. The number of hydrogen-bond donors (Lipinski definition) is 1. The number of halogens is 2. The summed E-state index contributed by atoms with van der Waals surface area (Å²) in [5, 5.41) is 16.2. The van der Waals surface area contributed by atoms with Crippen molar-refractivity contribution in [1.82, 2.24) is 24.7 Å². The summed E-state index contributed by atoms with van der Waals surface area (Å²) in [4.78, 5) is 13.7. The number of rotatable bonds is 3. The number of fused-ring (bicyclic) bond motifs is 2. The molecular weight excluding hydrogens is 414 g/mol. The molecule has 0 bridgehead atoms. The van der Waals surface area contributed by atoms with Gasteiger partial charge in [0.25, 0.3) is 0 Å². The Morgan fingerprint density at radius 1 is 1.09 bits per heavy atom. The largest absolute Gasteiger partial charge is 0.362 e. The summed E-state index contributed by atoms with van der Waals surface area (Å²) >= 11 is 0. The van der Waals surface area contributed by atoms with E-state index in [1.165, 1.54) is 29.6 Å². The van der Waals surface area contributed by atoms with Crippen LogP contribution in [0.1, 0.15) is 30.5 Å². The molecule has 1 amide bonds. The minimum Gasteiger partial charge on any atom is -0.362 e. The predicted octanol–water partition coefficient (Wildman–Crippen LogP) is 3.97. The zero-order valence-corrected chi connectivity index (χ0v) is 17.3. The van der Waals surface area contributed by atoms with Crippen molar-refractivity contribution in [3.05, 3.63) is 77.4 Å². The SMILES string of the molecule is CC(=O)N1CCC(Nc2ccc3nnc(-c4ccccc4F)n3n2)c2ccc(F)cc2C1. The van der Waals surface area contributed by atoms with Crippen molar-refractivity contribution in [3.8, 4) is 11.4 Å². The van der Waals surface area contributed by atoms with Crippen LogP contribution in [-0.4, -0.2) is 37.2 Å². The van der Waals surface area contributed by atoms with Gasteiger partial charge in [-0.15, -0.1) is 15.3 Å². The Balaban J connectivity index is 1.51. The molecule has 1 aliphatic rings. The van der Waals surface area contributed by atoms with Crippen molar-refractivity contribution >= 4 is 17.4 Å². The summed E-state index contributed by atoms with van der Waals surface area (Å²) in [5.74, 6) is 0.0242. The minimum atomic E-state index is -0.411. The summed E-state index contributed by atoms with van der Waals surface area (Å²) in [6.45, 7) is 2.40. The highest BCUT2D eigenvalue weighted by molar-refractivity contribution is 5.73. The molecule has 9 heteroatoms. The first kappa shape index (κ1) is 20.0. The molecule has 1 N–H and O–H groups in total. The maximum absolute atomic E-state index is 14.3. The Hall–Kier alpha value is -3.88. The first-order valence-electron chi connectivity index (χ1n) is 10.3. The molecular formula is C23H20F2N6O. The number of amides is 1. The Kier molecular flexibility index (Phi) is 5.01. The Bertz CT molecular complexity index is 1320. The van der Waals surface area contributed by atoms with E-state index in [0.29, 0.717) is 42.4 Å². The van der Waals surface area contributed by atoms with Gasteiger partial charge in [0, 0.05) is 20.0 Å². The summed E-state index contributed by atoms with van der Waals surface area (Å²) in [5.41, 5.74) is 2.46. The topological polar surface area (TPSA) is 75.4 Å². The Morgan fingerprint density at radius 3 is 2.75 bits per heavy atom. The van der Waals surface area contributed by atoms with Gasteiger partial charge in [-0.1, -0.05) is 18.2 Å². The third-order valence-electron chi connectivity index (χ3n) is 5.67. The first-order valence-corrected chi connectivity index (χ1v) is 10.3. The van der Waals surface area contributed by atoms with Crippen LogP contribution in [0.5, 0.6) is 0 Å². The monoisotopic (exact) mass is 434 g/mol. The van der Waals surface area contributed by atoms with Crippen LogP contribution in [0.3, 0.4) is 0 Å². The number of aromatic nitrogens is 4. The molecule has 1 aliphatic heterocycles. The van der Waals surface area contributed by atoms with Crippen LogP contribution in [0.2, 0.25) is 0 Å². The fraction of sp³-hybridized carbons (Fsp3) is 0.217. The van der Waals surface area contributed by atoms with E-state index in [1.807, 2.05) is 0 Å². The van der Waals surface area contributed by atoms with Crippen molar-refractivity contribution in [2.75, 3.05) is 11.9 Å². The van der Waals surface area contributed by atoms with Crippen LogP contribution in [-0.2, 0) is 11.3 Å². The van der Waals surface area contributed by atoms with Crippen LogP contribution in [0, 0.1) is 11.6 Å². The molecule has 3 heterocycles. The molecule has 5 rings (SSSR count). The first-order chi connectivity index (χ1) is 15.5. The van der Waals surface area contributed by atoms with Gasteiger partial charge in [-0.05, 0) is 53.9 Å². The predicted molar refractivity (Wildman–Crippen MR) is 115 cm³/mol. The number of carbonyl (C=O) groups excluding carboxylic acids is 1. The average Bonchev–Trinajstić information content (AvgIpc) is 3.10. The van der Waals surface area contributed by atoms with Crippen molar-refractivity contribution < 1.29 is 13.6 Å². The van der Waals surface area contributed by atoms with E-state index in [-0.39, 0.29) is 17.8 Å². The van der Waals surface area contributed by atoms with E-state index < -0.39 is 5.82 Å². The van der Waals surface area contributed by atoms with E-state index in [9.17, 15) is 13.6 Å². The molecule has 7 nitrogen and oxygen atoms in total. The Morgan fingerprint density at radius 2 is 1.94 bits per heavy atom. The summed E-state index contributed by atoms with van der Waals surface area (Å²) in [6, 6.07) is 14.3. The van der Waals surface area contributed by atoms with Gasteiger partial charge in [0.1, 0.15) is 17.5 Å². The van der Waals surface area contributed by atoms with Crippen molar-refractivity contribution in [2.45, 2.75) is 25.9 Å². The molecule has 2 aromatic carbocycles. The third kappa shape index (κ3) is 3.66. The Labute approximate surface area is 182 Å². The van der Waals surface area contributed by atoms with E-state index in [0.717, 1.165) is 11.1 Å². The van der Waals surface area contributed by atoms with Crippen LogP contribution in [0.4, 0.5) is 14.6 Å². The van der Waals surface area contributed by atoms with Crippen LogP contribution < -0.4 is 5.32 Å². The fourth-order valence-corrected chi connectivity index (χ4v) is 4.05. The number of hydrogen-bond acceptors (Lipinski definition) is 5. The zero-order chi connectivity index (χ0) is 22.2. The molecule has 0 aliphatic carbocycles. The maximum atomic E-state index is 14.3. The number of anilines is 1. The van der Waals surface area contributed by atoms with Gasteiger partial charge in [0.2, 0.25) is 5.91 Å². The maximum Gasteiger partial charge on any atom is 0.219 e. The molecule has 0 spiro atoms. The molecule has 2 aromatic heterocycles. The second kappa shape index (κ2) is 7.99. The minimum absolute atomic E-state index is 0.0561. The summed E-state index contributed by atoms with van der Waals surface area (Å²) in [6.07, 6.45) is 0.625. The highest BCUT2D eigenvalue weighted by atomic mass is 19.1. The molecule has 1 unspecified atom stereocenters. The highest BCUT2D eigenvalue weighted by Crippen LogP contribution is 2.30. The molecule has 0 saturated heterocycles. The molecule has 0 fully saturated rings. The smallest absolute Gasteiger partial charge is 0.219 e. The van der Waals surface area contributed by atoms with Crippen molar-refractivity contribution in [3.63, 3.8) is 0 Å². The van der Waals surface area contributed by atoms with Gasteiger partial charge < -0.3 is 10.2 Å². The molecule has 4 aromatic rings. The molecule has 32 heavy (non-hydrogen) atoms. The van der Waals surface area contributed by atoms with E-state index in [4.69, 9.17) is 0 Å². The second-order valence-corrected chi connectivity index (χ2v) is 7.76. The number of benzene rings is 2. The van der Waals surface area contributed by atoms with Crippen LogP contribution in [0.15, 0.2) is 54.6 Å². The number of carbonyl (C=O) groups is 1. The molecule has 1 atom stereocenters. The lowest BCUT2D eigenvalue weighted by atomic mass is 9.99. The lowest BCUT2D eigenvalue weighted by molar-refractivity contribution is -0.129. The van der Waals surface area contributed by atoms with Crippen LogP contribution >= 0.6 is 0 Å². The van der Waals surface area contributed by atoms with Gasteiger partial charge >= 0.3 is 0 Å². The molecule has 162 valence electrons. The van der Waals surface area contributed by atoms with Gasteiger partial charge in [0.15, 0.2) is 11.5 Å². The molecule has 0 radical (unpaired) electrons. The van der Waals surface area contributed by atoms with E-state index >= 15 is 0 Å². The summed E-state index contributed by atoms with van der Waals surface area (Å²) < 4.78 is 29.7. The lowest BCUT2D eigenvalue weighted by Gasteiger charge is -2.20. The standard InChI is InChI=1S/C23H20F2N6O/c1-14(32)30-11-10-20(17-7-6-16(24)12-15(17)13-30)26-21-8-9-22-27-28-23(31(22)29-21)18-4-2-3-5-19(18)25/h2-9,12,20H,10-11,13H2,1H3,(H,26,29). The van der Waals surface area contributed by atoms with Crippen molar-refractivity contribution in [1.29, 1.82) is 0 Å². The van der Waals surface area contributed by atoms with Gasteiger partial charge in [-0.2, -0.15) is 4.52 Å². The van der Waals surface area contributed by atoms with E-state index in [1.54, 1.807) is 41.3 Å². The van der Waals surface area contributed by atoms with Crippen LogP contribution in [0.25, 0.3) is 17.0 Å². The second-order valence-electron chi connectivity index (χ2n) is 7.76. The van der Waals surface area contributed by atoms with E-state index in [2.05, 4.69) is 20.6 Å².